The highest BCUT2D eigenvalue weighted by atomic mass is 19.1. The molecule has 1 heterocycles. The summed E-state index contributed by atoms with van der Waals surface area (Å²) in [6, 6.07) is 8.70. The Balaban J connectivity index is 1.95. The zero-order valence-electron chi connectivity index (χ0n) is 15.0. The quantitative estimate of drug-likeness (QED) is 0.599. The number of hydrogen-bond donors (Lipinski definition) is 2. The third kappa shape index (κ3) is 5.74. The number of nitrogens with zero attached hydrogens (tertiary/aromatic N) is 2. The number of rotatable bonds is 7. The average Bonchev–Trinajstić information content (AvgIpc) is 2.61. The zero-order valence-corrected chi connectivity index (χ0v) is 15.0. The van der Waals surface area contributed by atoms with Crippen molar-refractivity contribution in [1.82, 2.24) is 15.6 Å². The molecule has 2 aromatic rings. The molecule has 0 spiro atoms. The average molecular weight is 344 g/mol. The predicted molar refractivity (Wildman–Crippen MR) is 98.4 cm³/mol. The van der Waals surface area contributed by atoms with Crippen molar-refractivity contribution in [3.8, 4) is 5.88 Å². The fourth-order valence-corrected chi connectivity index (χ4v) is 2.49. The van der Waals surface area contributed by atoms with Gasteiger partial charge in [-0.25, -0.2) is 14.4 Å². The van der Waals surface area contributed by atoms with E-state index < -0.39 is 0 Å². The van der Waals surface area contributed by atoms with Crippen LogP contribution in [0.1, 0.15) is 23.6 Å². The van der Waals surface area contributed by atoms with Crippen LogP contribution >= 0.6 is 0 Å². The number of halogens is 1. The van der Waals surface area contributed by atoms with Crippen LogP contribution in [0.25, 0.3) is 0 Å². The highest BCUT2D eigenvalue weighted by Gasteiger charge is 2.04. The fourth-order valence-electron chi connectivity index (χ4n) is 2.49. The summed E-state index contributed by atoms with van der Waals surface area (Å²) in [7, 11) is 1.60. The molecule has 5 nitrogen and oxygen atoms in total. The maximum Gasteiger partial charge on any atom is 0.218 e. The van der Waals surface area contributed by atoms with Crippen LogP contribution < -0.4 is 15.4 Å². The van der Waals surface area contributed by atoms with Gasteiger partial charge in [0, 0.05) is 24.8 Å². The summed E-state index contributed by atoms with van der Waals surface area (Å²) in [5, 5.41) is 6.52. The van der Waals surface area contributed by atoms with E-state index in [2.05, 4.69) is 20.6 Å². The third-order valence-electron chi connectivity index (χ3n) is 3.79. The first-order valence-corrected chi connectivity index (χ1v) is 8.39. The second kappa shape index (κ2) is 9.61. The van der Waals surface area contributed by atoms with E-state index in [1.807, 2.05) is 32.0 Å². The highest BCUT2D eigenvalue weighted by Crippen LogP contribution is 2.14. The van der Waals surface area contributed by atoms with Gasteiger partial charge in [-0.15, -0.1) is 0 Å². The smallest absolute Gasteiger partial charge is 0.218 e. The Morgan fingerprint density at radius 3 is 2.80 bits per heavy atom. The van der Waals surface area contributed by atoms with Gasteiger partial charge < -0.3 is 15.4 Å². The lowest BCUT2D eigenvalue weighted by atomic mass is 10.1. The molecule has 6 heteroatoms. The highest BCUT2D eigenvalue weighted by molar-refractivity contribution is 5.79. The van der Waals surface area contributed by atoms with Crippen molar-refractivity contribution in [1.29, 1.82) is 0 Å². The van der Waals surface area contributed by atoms with Crippen LogP contribution in [0.2, 0.25) is 0 Å². The van der Waals surface area contributed by atoms with E-state index in [0.29, 0.717) is 19.0 Å². The molecule has 0 amide bonds. The Morgan fingerprint density at radius 2 is 2.08 bits per heavy atom. The maximum atomic E-state index is 13.2. The van der Waals surface area contributed by atoms with Gasteiger partial charge in [0.1, 0.15) is 5.82 Å². The number of methoxy groups -OCH3 is 1. The van der Waals surface area contributed by atoms with Crippen LogP contribution in [0, 0.1) is 12.7 Å². The number of aryl methyl sites for hydroxylation is 1. The number of guanidine groups is 1. The first kappa shape index (κ1) is 18.7. The van der Waals surface area contributed by atoms with Crippen molar-refractivity contribution in [3.63, 3.8) is 0 Å². The molecular formula is C19H25FN4O. The third-order valence-corrected chi connectivity index (χ3v) is 3.79. The number of aliphatic imine (C=N–C) groups is 1. The molecule has 2 rings (SSSR count). The van der Waals surface area contributed by atoms with Crippen molar-refractivity contribution in [2.75, 3.05) is 20.2 Å². The number of hydrogen-bond acceptors (Lipinski definition) is 3. The van der Waals surface area contributed by atoms with Crippen molar-refractivity contribution in [3.05, 3.63) is 59.0 Å². The van der Waals surface area contributed by atoms with Gasteiger partial charge in [-0.2, -0.15) is 0 Å². The summed E-state index contributed by atoms with van der Waals surface area (Å²) in [5.74, 6) is 1.12. The van der Waals surface area contributed by atoms with Crippen LogP contribution in [-0.2, 0) is 13.0 Å². The molecule has 0 fully saturated rings. The van der Waals surface area contributed by atoms with Gasteiger partial charge >= 0.3 is 0 Å². The first-order valence-electron chi connectivity index (χ1n) is 8.39. The van der Waals surface area contributed by atoms with E-state index in [1.165, 1.54) is 6.07 Å². The number of benzene rings is 1. The Kier molecular flexibility index (Phi) is 7.19. The van der Waals surface area contributed by atoms with Crippen LogP contribution in [0.15, 0.2) is 41.5 Å². The Hall–Kier alpha value is -2.63. The number of ether oxygens (including phenoxy) is 1. The Morgan fingerprint density at radius 1 is 1.24 bits per heavy atom. The number of aromatic nitrogens is 1. The molecule has 0 aliphatic rings. The minimum atomic E-state index is -0.200. The summed E-state index contributed by atoms with van der Waals surface area (Å²) in [6.45, 7) is 5.90. The lowest BCUT2D eigenvalue weighted by Crippen LogP contribution is -2.38. The van der Waals surface area contributed by atoms with Gasteiger partial charge in [0.15, 0.2) is 5.96 Å². The fraction of sp³-hybridized carbons (Fsp3) is 0.368. The Labute approximate surface area is 148 Å². The molecule has 0 saturated carbocycles. The van der Waals surface area contributed by atoms with Crippen LogP contribution in [-0.4, -0.2) is 31.1 Å². The van der Waals surface area contributed by atoms with Gasteiger partial charge in [-0.3, -0.25) is 0 Å². The molecule has 134 valence electrons. The molecule has 0 aliphatic heterocycles. The Bertz CT molecular complexity index is 718. The lowest BCUT2D eigenvalue weighted by Gasteiger charge is -2.12. The number of nitrogens with one attached hydrogen (secondary N) is 2. The predicted octanol–water partition coefficient (Wildman–Crippen LogP) is 2.84. The van der Waals surface area contributed by atoms with Gasteiger partial charge in [0.05, 0.1) is 13.7 Å². The molecule has 0 aliphatic carbocycles. The van der Waals surface area contributed by atoms with Crippen molar-refractivity contribution < 1.29 is 9.13 Å². The summed E-state index contributed by atoms with van der Waals surface area (Å²) >= 11 is 0. The van der Waals surface area contributed by atoms with Gasteiger partial charge in [-0.1, -0.05) is 12.1 Å². The zero-order chi connectivity index (χ0) is 18.1. The summed E-state index contributed by atoms with van der Waals surface area (Å²) in [6.07, 6.45) is 2.49. The van der Waals surface area contributed by atoms with Crippen LogP contribution in [0.3, 0.4) is 0 Å². The largest absolute Gasteiger partial charge is 0.481 e. The molecule has 1 aromatic carbocycles. The number of pyridine rings is 1. The van der Waals surface area contributed by atoms with E-state index >= 15 is 0 Å². The molecular weight excluding hydrogens is 319 g/mol. The second-order valence-electron chi connectivity index (χ2n) is 5.61. The van der Waals surface area contributed by atoms with Crippen LogP contribution in [0.4, 0.5) is 4.39 Å². The maximum absolute atomic E-state index is 13.2. The molecule has 0 bridgehead atoms. The SMILES string of the molecule is CCNC(=NCc1cccnc1OC)NCCc1ccc(F)cc1C. The normalized spacial score (nSPS) is 11.3. The molecule has 1 aromatic heterocycles. The summed E-state index contributed by atoms with van der Waals surface area (Å²) < 4.78 is 18.4. The molecule has 2 N–H and O–H groups in total. The lowest BCUT2D eigenvalue weighted by molar-refractivity contribution is 0.392. The minimum absolute atomic E-state index is 0.200. The van der Waals surface area contributed by atoms with Crippen molar-refractivity contribution >= 4 is 5.96 Å². The summed E-state index contributed by atoms with van der Waals surface area (Å²) in [4.78, 5) is 8.75. The molecule has 0 unspecified atom stereocenters. The van der Waals surface area contributed by atoms with Gasteiger partial charge in [0.2, 0.25) is 5.88 Å². The first-order chi connectivity index (χ1) is 12.1. The van der Waals surface area contributed by atoms with Crippen molar-refractivity contribution in [2.24, 2.45) is 4.99 Å². The minimum Gasteiger partial charge on any atom is -0.481 e. The molecule has 0 saturated heterocycles. The van der Waals surface area contributed by atoms with E-state index in [9.17, 15) is 4.39 Å². The van der Waals surface area contributed by atoms with E-state index in [4.69, 9.17) is 4.74 Å². The van der Waals surface area contributed by atoms with E-state index in [-0.39, 0.29) is 5.82 Å². The topological polar surface area (TPSA) is 58.5 Å². The van der Waals surface area contributed by atoms with Crippen LogP contribution in [0.5, 0.6) is 5.88 Å². The second-order valence-corrected chi connectivity index (χ2v) is 5.61. The monoisotopic (exact) mass is 344 g/mol. The van der Waals surface area contributed by atoms with Crippen molar-refractivity contribution in [2.45, 2.75) is 26.8 Å². The van der Waals surface area contributed by atoms with Gasteiger partial charge in [0.25, 0.3) is 0 Å². The van der Waals surface area contributed by atoms with E-state index in [1.54, 1.807) is 19.4 Å². The standard InChI is InChI=1S/C19H25FN4O/c1-4-21-19(24-13-16-6-5-10-22-18(16)25-3)23-11-9-15-7-8-17(20)12-14(15)2/h5-8,10,12H,4,9,11,13H2,1-3H3,(H2,21,23,24). The summed E-state index contributed by atoms with van der Waals surface area (Å²) in [5.41, 5.74) is 3.01. The molecule has 25 heavy (non-hydrogen) atoms. The van der Waals surface area contributed by atoms with Gasteiger partial charge in [-0.05, 0) is 49.6 Å². The molecule has 0 atom stereocenters. The van der Waals surface area contributed by atoms with E-state index in [0.717, 1.165) is 35.6 Å². The molecule has 0 radical (unpaired) electrons.